The lowest BCUT2D eigenvalue weighted by Gasteiger charge is -2.05. The molecule has 0 saturated carbocycles. The Balaban J connectivity index is 3.47. The lowest BCUT2D eigenvalue weighted by Crippen LogP contribution is -2.19. The number of carbonyl (C=O) groups is 1. The van der Waals surface area contributed by atoms with Crippen LogP contribution in [0, 0.1) is 0 Å². The van der Waals surface area contributed by atoms with E-state index in [-0.39, 0.29) is 0 Å². The first-order valence-corrected chi connectivity index (χ1v) is 3.65. The second kappa shape index (κ2) is 3.57. The SMILES string of the molecule is Cn1cc(C(=O)O)c(C(F)F)cc1=O. The van der Waals surface area contributed by atoms with Crippen molar-refractivity contribution in [2.24, 2.45) is 7.05 Å². The molecule has 4 nitrogen and oxygen atoms in total. The van der Waals surface area contributed by atoms with Gasteiger partial charge in [0.05, 0.1) is 5.56 Å². The van der Waals surface area contributed by atoms with Crippen molar-refractivity contribution in [3.63, 3.8) is 0 Å². The van der Waals surface area contributed by atoms with Crippen molar-refractivity contribution in [1.29, 1.82) is 0 Å². The smallest absolute Gasteiger partial charge is 0.337 e. The van der Waals surface area contributed by atoms with Gasteiger partial charge in [-0.05, 0) is 0 Å². The highest BCUT2D eigenvalue weighted by Crippen LogP contribution is 2.20. The van der Waals surface area contributed by atoms with Crippen molar-refractivity contribution in [1.82, 2.24) is 4.57 Å². The number of nitrogens with zero attached hydrogens (tertiary/aromatic N) is 1. The van der Waals surface area contributed by atoms with Crippen LogP contribution in [0.2, 0.25) is 0 Å². The molecule has 0 aliphatic heterocycles. The molecule has 1 N–H and O–H groups in total. The molecule has 6 heteroatoms. The molecule has 1 aromatic rings. The van der Waals surface area contributed by atoms with Crippen LogP contribution < -0.4 is 5.56 Å². The normalized spacial score (nSPS) is 10.6. The summed E-state index contributed by atoms with van der Waals surface area (Å²) in [5.74, 6) is -1.48. The Kier molecular flexibility index (Phi) is 2.64. The van der Waals surface area contributed by atoms with E-state index in [9.17, 15) is 18.4 Å². The Morgan fingerprint density at radius 2 is 2.14 bits per heavy atom. The van der Waals surface area contributed by atoms with E-state index in [1.807, 2.05) is 0 Å². The minimum Gasteiger partial charge on any atom is -0.478 e. The average Bonchev–Trinajstić information content (AvgIpc) is 2.08. The standard InChI is InChI=1S/C8H7F2NO3/c1-11-3-5(8(13)14)4(7(9)10)2-6(11)12/h2-3,7H,1H3,(H,13,14). The topological polar surface area (TPSA) is 59.3 Å². The van der Waals surface area contributed by atoms with Crippen molar-refractivity contribution in [2.75, 3.05) is 0 Å². The lowest BCUT2D eigenvalue weighted by atomic mass is 10.1. The maximum Gasteiger partial charge on any atom is 0.337 e. The second-order valence-corrected chi connectivity index (χ2v) is 2.70. The number of aromatic carboxylic acids is 1. The largest absolute Gasteiger partial charge is 0.478 e. The molecule has 0 aliphatic rings. The average molecular weight is 203 g/mol. The molecule has 0 saturated heterocycles. The number of rotatable bonds is 2. The minimum absolute atomic E-state index is 0.554. The van der Waals surface area contributed by atoms with Crippen LogP contribution in [0.5, 0.6) is 0 Å². The molecule has 1 heterocycles. The third-order valence-corrected chi connectivity index (χ3v) is 1.73. The third kappa shape index (κ3) is 1.78. The Morgan fingerprint density at radius 3 is 2.57 bits per heavy atom. The summed E-state index contributed by atoms with van der Waals surface area (Å²) in [6.45, 7) is 0. The van der Waals surface area contributed by atoms with Crippen molar-refractivity contribution >= 4 is 5.97 Å². The van der Waals surface area contributed by atoms with Gasteiger partial charge in [0.15, 0.2) is 0 Å². The quantitative estimate of drug-likeness (QED) is 0.780. The van der Waals surface area contributed by atoms with Crippen LogP contribution in [-0.4, -0.2) is 15.6 Å². The Morgan fingerprint density at radius 1 is 1.57 bits per heavy atom. The zero-order valence-corrected chi connectivity index (χ0v) is 7.20. The van der Waals surface area contributed by atoms with Gasteiger partial charge in [-0.25, -0.2) is 13.6 Å². The summed E-state index contributed by atoms with van der Waals surface area (Å²) in [5, 5.41) is 8.58. The molecule has 14 heavy (non-hydrogen) atoms. The highest BCUT2D eigenvalue weighted by atomic mass is 19.3. The van der Waals surface area contributed by atoms with Crippen molar-refractivity contribution in [3.8, 4) is 0 Å². The highest BCUT2D eigenvalue weighted by molar-refractivity contribution is 5.89. The molecule has 0 spiro atoms. The zero-order valence-electron chi connectivity index (χ0n) is 7.20. The van der Waals surface area contributed by atoms with Crippen LogP contribution >= 0.6 is 0 Å². The molecule has 0 bridgehead atoms. The summed E-state index contributed by atoms with van der Waals surface area (Å²) in [6.07, 6.45) is -2.08. The van der Waals surface area contributed by atoms with Crippen LogP contribution in [0.4, 0.5) is 8.78 Å². The molecule has 0 amide bonds. The molecule has 0 aliphatic carbocycles. The molecule has 1 aromatic heterocycles. The summed E-state index contributed by atoms with van der Waals surface area (Å²) in [7, 11) is 1.30. The van der Waals surface area contributed by atoms with Crippen molar-refractivity contribution in [3.05, 3.63) is 33.7 Å². The molecule has 76 valence electrons. The minimum atomic E-state index is -2.96. The number of halogens is 2. The fraction of sp³-hybridized carbons (Fsp3) is 0.250. The fourth-order valence-corrected chi connectivity index (χ4v) is 1.00. The number of pyridine rings is 1. The zero-order chi connectivity index (χ0) is 10.9. The van der Waals surface area contributed by atoms with Gasteiger partial charge in [-0.1, -0.05) is 0 Å². The molecule has 0 fully saturated rings. The highest BCUT2D eigenvalue weighted by Gasteiger charge is 2.19. The molecular weight excluding hydrogens is 196 g/mol. The molecule has 0 radical (unpaired) electrons. The number of alkyl halides is 2. The number of aryl methyl sites for hydroxylation is 1. The maximum absolute atomic E-state index is 12.3. The third-order valence-electron chi connectivity index (χ3n) is 1.73. The lowest BCUT2D eigenvalue weighted by molar-refractivity contribution is 0.0683. The van der Waals surface area contributed by atoms with Gasteiger partial charge in [-0.3, -0.25) is 4.79 Å². The van der Waals surface area contributed by atoms with Gasteiger partial charge in [-0.2, -0.15) is 0 Å². The summed E-state index contributed by atoms with van der Waals surface area (Å²) in [5.41, 5.74) is -1.96. The van der Waals surface area contributed by atoms with Gasteiger partial charge in [0.25, 0.3) is 12.0 Å². The molecule has 1 rings (SSSR count). The van der Waals surface area contributed by atoms with Gasteiger partial charge in [0.2, 0.25) is 0 Å². The monoisotopic (exact) mass is 203 g/mol. The first kappa shape index (κ1) is 10.4. The predicted molar refractivity (Wildman–Crippen MR) is 43.6 cm³/mol. The Labute approximate surface area is 77.4 Å². The first-order valence-electron chi connectivity index (χ1n) is 3.65. The molecule has 0 unspecified atom stereocenters. The summed E-state index contributed by atoms with van der Waals surface area (Å²) >= 11 is 0. The van der Waals surface area contributed by atoms with Crippen LogP contribution in [0.3, 0.4) is 0 Å². The van der Waals surface area contributed by atoms with E-state index >= 15 is 0 Å². The van der Waals surface area contributed by atoms with Crippen LogP contribution in [0.15, 0.2) is 17.1 Å². The van der Waals surface area contributed by atoms with Gasteiger partial charge < -0.3 is 9.67 Å². The molecule has 0 aromatic carbocycles. The van der Waals surface area contributed by atoms with Gasteiger partial charge in [0.1, 0.15) is 0 Å². The van der Waals surface area contributed by atoms with E-state index in [1.165, 1.54) is 7.05 Å². The Hall–Kier alpha value is -1.72. The van der Waals surface area contributed by atoms with Crippen LogP contribution in [0.1, 0.15) is 22.3 Å². The van der Waals surface area contributed by atoms with Crippen LogP contribution in [-0.2, 0) is 7.05 Å². The van der Waals surface area contributed by atoms with Gasteiger partial charge in [-0.15, -0.1) is 0 Å². The number of hydrogen-bond acceptors (Lipinski definition) is 2. The number of aromatic nitrogens is 1. The summed E-state index contributed by atoms with van der Waals surface area (Å²) < 4.78 is 25.5. The first-order chi connectivity index (χ1) is 6.43. The fourth-order valence-electron chi connectivity index (χ4n) is 1.00. The van der Waals surface area contributed by atoms with Crippen molar-refractivity contribution < 1.29 is 18.7 Å². The second-order valence-electron chi connectivity index (χ2n) is 2.70. The maximum atomic E-state index is 12.3. The van der Waals surface area contributed by atoms with E-state index in [0.717, 1.165) is 10.8 Å². The van der Waals surface area contributed by atoms with E-state index in [1.54, 1.807) is 0 Å². The van der Waals surface area contributed by atoms with Gasteiger partial charge in [0, 0.05) is 24.9 Å². The summed E-state index contributed by atoms with van der Waals surface area (Å²) in [6, 6.07) is 0.633. The van der Waals surface area contributed by atoms with Crippen LogP contribution in [0.25, 0.3) is 0 Å². The number of carboxylic acids is 1. The van der Waals surface area contributed by atoms with Crippen molar-refractivity contribution in [2.45, 2.75) is 6.43 Å². The van der Waals surface area contributed by atoms with E-state index < -0.39 is 29.1 Å². The number of hydrogen-bond donors (Lipinski definition) is 1. The molecule has 0 atom stereocenters. The van der Waals surface area contributed by atoms with E-state index in [4.69, 9.17) is 5.11 Å². The molecular formula is C8H7F2NO3. The van der Waals surface area contributed by atoms with E-state index in [0.29, 0.717) is 6.07 Å². The summed E-state index contributed by atoms with van der Waals surface area (Å²) in [4.78, 5) is 21.5. The van der Waals surface area contributed by atoms with E-state index in [2.05, 4.69) is 0 Å². The predicted octanol–water partition coefficient (Wildman–Crippen LogP) is 1.02. The number of carboxylic acid groups (broad SMARTS) is 1. The van der Waals surface area contributed by atoms with Gasteiger partial charge >= 0.3 is 5.97 Å². The Bertz CT molecular complexity index is 425.